The van der Waals surface area contributed by atoms with Crippen molar-refractivity contribution in [3.05, 3.63) is 82.1 Å². The molecule has 0 aliphatic rings. The second-order valence-electron chi connectivity index (χ2n) is 6.95. The topological polar surface area (TPSA) is 55.3 Å². The molecule has 0 bridgehead atoms. The molecule has 0 unspecified atom stereocenters. The number of amides is 1. The molecule has 2 aromatic heterocycles. The number of carbonyl (C=O) groups excluding carboxylic acids is 1. The molecule has 0 radical (unpaired) electrons. The Balaban J connectivity index is 1.84. The number of aromatic nitrogens is 2. The quantitative estimate of drug-likeness (QED) is 0.395. The lowest BCUT2D eigenvalue weighted by atomic mass is 10.1. The van der Waals surface area contributed by atoms with Gasteiger partial charge in [0.05, 0.1) is 29.4 Å². The van der Waals surface area contributed by atoms with E-state index in [1.165, 1.54) is 24.0 Å². The van der Waals surface area contributed by atoms with E-state index in [0.717, 1.165) is 21.3 Å². The van der Waals surface area contributed by atoms with Gasteiger partial charge in [0.1, 0.15) is 5.75 Å². The van der Waals surface area contributed by atoms with Gasteiger partial charge in [-0.1, -0.05) is 35.1 Å². The molecule has 152 valence electrons. The molecule has 7 heteroatoms. The highest BCUT2D eigenvalue weighted by Crippen LogP contribution is 2.34. The molecular weight excluding hydrogens is 418 g/mol. The summed E-state index contributed by atoms with van der Waals surface area (Å²) in [6, 6.07) is 12.9. The molecule has 0 N–H and O–H groups in total. The fourth-order valence-electron chi connectivity index (χ4n) is 3.22. The molecule has 0 atom stereocenters. The van der Waals surface area contributed by atoms with Gasteiger partial charge in [-0.3, -0.25) is 14.7 Å². The predicted octanol–water partition coefficient (Wildman–Crippen LogP) is 5.82. The van der Waals surface area contributed by atoms with Gasteiger partial charge in [-0.2, -0.15) is 0 Å². The number of fused-ring (bicyclic) bond motifs is 1. The Morgan fingerprint density at radius 3 is 2.77 bits per heavy atom. The maximum absolute atomic E-state index is 13.6. The molecule has 0 saturated carbocycles. The maximum Gasteiger partial charge on any atom is 0.264 e. The summed E-state index contributed by atoms with van der Waals surface area (Å²) in [5, 5.41) is 1.09. The van der Waals surface area contributed by atoms with Gasteiger partial charge in [-0.15, -0.1) is 0 Å². The van der Waals surface area contributed by atoms with Gasteiger partial charge in [0.25, 0.3) is 5.91 Å². The summed E-state index contributed by atoms with van der Waals surface area (Å²) in [4.78, 5) is 24.3. The van der Waals surface area contributed by atoms with E-state index in [1.807, 2.05) is 18.2 Å². The molecule has 0 aliphatic carbocycles. The van der Waals surface area contributed by atoms with Crippen molar-refractivity contribution in [2.45, 2.75) is 20.4 Å². The first-order chi connectivity index (χ1) is 14.5. The van der Waals surface area contributed by atoms with Crippen LogP contribution >= 0.6 is 22.9 Å². The minimum atomic E-state index is -0.230. The summed E-state index contributed by atoms with van der Waals surface area (Å²) in [6.07, 6.45) is 3.46. The van der Waals surface area contributed by atoms with Crippen molar-refractivity contribution in [1.82, 2.24) is 9.97 Å². The van der Waals surface area contributed by atoms with Crippen molar-refractivity contribution >= 4 is 44.2 Å². The maximum atomic E-state index is 13.6. The minimum absolute atomic E-state index is 0.230. The Morgan fingerprint density at radius 1 is 1.20 bits per heavy atom. The number of rotatable bonds is 5. The lowest BCUT2D eigenvalue weighted by molar-refractivity contribution is 0.0982. The van der Waals surface area contributed by atoms with Gasteiger partial charge in [0, 0.05) is 17.4 Å². The van der Waals surface area contributed by atoms with Crippen molar-refractivity contribution in [3.8, 4) is 5.75 Å². The SMILES string of the molecule is COc1ccc(Cl)cc1C(=O)N(Cc1cccnc1)c1nc2c(C)c(C)ccc2s1. The Bertz CT molecular complexity index is 1220. The average Bonchev–Trinajstić information content (AvgIpc) is 3.19. The van der Waals surface area contributed by atoms with Gasteiger partial charge in [-0.25, -0.2) is 4.98 Å². The van der Waals surface area contributed by atoms with Crippen LogP contribution in [0.3, 0.4) is 0 Å². The Hall–Kier alpha value is -2.96. The molecular formula is C23H20ClN3O2S. The number of ether oxygens (including phenoxy) is 1. The molecule has 30 heavy (non-hydrogen) atoms. The van der Waals surface area contributed by atoms with Crippen LogP contribution in [0.5, 0.6) is 5.75 Å². The van der Waals surface area contributed by atoms with E-state index in [-0.39, 0.29) is 5.91 Å². The Labute approximate surface area is 183 Å². The Morgan fingerprint density at radius 2 is 2.03 bits per heavy atom. The van der Waals surface area contributed by atoms with Crippen molar-refractivity contribution in [1.29, 1.82) is 0 Å². The van der Waals surface area contributed by atoms with E-state index >= 15 is 0 Å². The van der Waals surface area contributed by atoms with Gasteiger partial charge in [0.15, 0.2) is 5.13 Å². The van der Waals surface area contributed by atoms with Gasteiger partial charge >= 0.3 is 0 Å². The first-order valence-corrected chi connectivity index (χ1v) is 10.6. The van der Waals surface area contributed by atoms with Crippen LogP contribution in [-0.4, -0.2) is 23.0 Å². The first-order valence-electron chi connectivity index (χ1n) is 9.39. The normalized spacial score (nSPS) is 10.9. The number of methoxy groups -OCH3 is 1. The molecule has 4 rings (SSSR count). The van der Waals surface area contributed by atoms with Crippen LogP contribution in [-0.2, 0) is 6.54 Å². The summed E-state index contributed by atoms with van der Waals surface area (Å²) < 4.78 is 6.45. The number of hydrogen-bond acceptors (Lipinski definition) is 5. The Kier molecular flexibility index (Phi) is 5.70. The molecule has 2 aromatic carbocycles. The second kappa shape index (κ2) is 8.42. The third kappa shape index (κ3) is 3.88. The van der Waals surface area contributed by atoms with Crippen LogP contribution in [0.1, 0.15) is 27.0 Å². The van der Waals surface area contributed by atoms with Gasteiger partial charge in [0.2, 0.25) is 0 Å². The number of benzene rings is 2. The summed E-state index contributed by atoms with van der Waals surface area (Å²) in [5.74, 6) is 0.236. The number of hydrogen-bond donors (Lipinski definition) is 0. The van der Waals surface area contributed by atoms with Crippen LogP contribution in [0.2, 0.25) is 5.02 Å². The summed E-state index contributed by atoms with van der Waals surface area (Å²) in [7, 11) is 1.54. The lowest BCUT2D eigenvalue weighted by Crippen LogP contribution is -2.30. The number of carbonyl (C=O) groups is 1. The minimum Gasteiger partial charge on any atom is -0.496 e. The highest BCUT2D eigenvalue weighted by atomic mass is 35.5. The van der Waals surface area contributed by atoms with E-state index in [0.29, 0.717) is 28.0 Å². The zero-order valence-electron chi connectivity index (χ0n) is 16.8. The summed E-state index contributed by atoms with van der Waals surface area (Å²) in [6.45, 7) is 4.44. The fraction of sp³-hybridized carbons (Fsp3) is 0.174. The monoisotopic (exact) mass is 437 g/mol. The number of pyridine rings is 1. The third-order valence-electron chi connectivity index (χ3n) is 5.00. The number of aryl methyl sites for hydroxylation is 2. The van der Waals surface area contributed by atoms with E-state index in [1.54, 1.807) is 35.5 Å². The fourth-order valence-corrected chi connectivity index (χ4v) is 4.42. The molecule has 0 spiro atoms. The molecule has 0 saturated heterocycles. The highest BCUT2D eigenvalue weighted by molar-refractivity contribution is 7.22. The zero-order valence-corrected chi connectivity index (χ0v) is 18.4. The van der Waals surface area contributed by atoms with Gasteiger partial charge < -0.3 is 4.74 Å². The molecule has 0 aliphatic heterocycles. The van der Waals surface area contributed by atoms with Gasteiger partial charge in [-0.05, 0) is 60.9 Å². The highest BCUT2D eigenvalue weighted by Gasteiger charge is 2.25. The standard InChI is InChI=1S/C23H20ClN3O2S/c1-14-6-9-20-21(15(14)2)26-23(30-20)27(13-16-5-4-10-25-12-16)22(28)18-11-17(24)7-8-19(18)29-3/h4-12H,13H2,1-3H3. The van der Waals surface area contributed by atoms with Crippen LogP contribution in [0.15, 0.2) is 54.9 Å². The third-order valence-corrected chi connectivity index (χ3v) is 6.28. The second-order valence-corrected chi connectivity index (χ2v) is 8.39. The first kappa shape index (κ1) is 20.3. The number of anilines is 1. The predicted molar refractivity (Wildman–Crippen MR) is 122 cm³/mol. The molecule has 4 aromatic rings. The lowest BCUT2D eigenvalue weighted by Gasteiger charge is -2.21. The van der Waals surface area contributed by atoms with Crippen molar-refractivity contribution in [2.75, 3.05) is 12.0 Å². The zero-order chi connectivity index (χ0) is 21.3. The van der Waals surface area contributed by atoms with Crippen molar-refractivity contribution in [3.63, 3.8) is 0 Å². The molecule has 2 heterocycles. The number of nitrogens with zero attached hydrogens (tertiary/aromatic N) is 3. The van der Waals surface area contributed by atoms with E-state index < -0.39 is 0 Å². The van der Waals surface area contributed by atoms with Crippen LogP contribution in [0, 0.1) is 13.8 Å². The smallest absolute Gasteiger partial charge is 0.264 e. The summed E-state index contributed by atoms with van der Waals surface area (Å²) in [5.41, 5.74) is 4.49. The van der Waals surface area contributed by atoms with Crippen molar-refractivity contribution in [2.24, 2.45) is 0 Å². The summed E-state index contributed by atoms with van der Waals surface area (Å²) >= 11 is 7.67. The van der Waals surface area contributed by atoms with Crippen LogP contribution in [0.4, 0.5) is 5.13 Å². The molecule has 0 fully saturated rings. The molecule has 5 nitrogen and oxygen atoms in total. The van der Waals surface area contributed by atoms with Crippen molar-refractivity contribution < 1.29 is 9.53 Å². The van der Waals surface area contributed by atoms with E-state index in [4.69, 9.17) is 21.3 Å². The largest absolute Gasteiger partial charge is 0.496 e. The van der Waals surface area contributed by atoms with Crippen LogP contribution < -0.4 is 9.64 Å². The molecule has 1 amide bonds. The van der Waals surface area contributed by atoms with Crippen LogP contribution in [0.25, 0.3) is 10.2 Å². The number of halogens is 1. The average molecular weight is 438 g/mol. The number of thiazole rings is 1. The van der Waals surface area contributed by atoms with E-state index in [9.17, 15) is 4.79 Å². The van der Waals surface area contributed by atoms with E-state index in [2.05, 4.69) is 24.9 Å².